The predicted molar refractivity (Wildman–Crippen MR) is 98.9 cm³/mol. The second-order valence-electron chi connectivity index (χ2n) is 7.23. The van der Waals surface area contributed by atoms with Crippen LogP contribution in [0.1, 0.15) is 38.8 Å². The summed E-state index contributed by atoms with van der Waals surface area (Å²) in [6.45, 7) is 9.39. The second kappa shape index (κ2) is 8.04. The maximum absolute atomic E-state index is 12.6. The number of nitrogens with zero attached hydrogens (tertiary/aromatic N) is 3. The minimum Gasteiger partial charge on any atom is -0.372 e. The van der Waals surface area contributed by atoms with Gasteiger partial charge in [0.05, 0.1) is 12.2 Å². The first-order valence-corrected chi connectivity index (χ1v) is 9.44. The van der Waals surface area contributed by atoms with E-state index in [1.165, 1.54) is 0 Å². The Kier molecular flexibility index (Phi) is 5.78. The monoisotopic (exact) mass is 346 g/mol. The standard InChI is InChI=1S/C19H30N4O2/c1-4-17-13-23(12-15(3)25-17)19(24)21-16-8-10-22(11-9-16)18-7-5-6-14(2)20-18/h5-7,15-17H,4,8-13H2,1-3H3,(H,21,24)/t15-,17+/m0/s1. The zero-order valence-corrected chi connectivity index (χ0v) is 15.6. The lowest BCUT2D eigenvalue weighted by Gasteiger charge is -2.38. The zero-order valence-electron chi connectivity index (χ0n) is 15.6. The normalized spacial score (nSPS) is 25.1. The molecule has 25 heavy (non-hydrogen) atoms. The third-order valence-electron chi connectivity index (χ3n) is 5.09. The van der Waals surface area contributed by atoms with Gasteiger partial charge >= 0.3 is 6.03 Å². The summed E-state index contributed by atoms with van der Waals surface area (Å²) < 4.78 is 5.84. The van der Waals surface area contributed by atoms with Gasteiger partial charge in [0.25, 0.3) is 0 Å². The summed E-state index contributed by atoms with van der Waals surface area (Å²) in [6, 6.07) is 6.43. The highest BCUT2D eigenvalue weighted by atomic mass is 16.5. The summed E-state index contributed by atoms with van der Waals surface area (Å²) in [4.78, 5) is 21.4. The molecule has 2 aliphatic heterocycles. The van der Waals surface area contributed by atoms with E-state index in [0.717, 1.165) is 43.9 Å². The van der Waals surface area contributed by atoms with Crippen LogP contribution in [0.3, 0.4) is 0 Å². The van der Waals surface area contributed by atoms with Gasteiger partial charge in [0.15, 0.2) is 0 Å². The number of anilines is 1. The van der Waals surface area contributed by atoms with Crippen LogP contribution in [0.4, 0.5) is 10.6 Å². The number of pyridine rings is 1. The van der Waals surface area contributed by atoms with Gasteiger partial charge in [-0.05, 0) is 45.2 Å². The Morgan fingerprint density at radius 3 is 2.76 bits per heavy atom. The van der Waals surface area contributed by atoms with Crippen LogP contribution in [-0.2, 0) is 4.74 Å². The molecular weight excluding hydrogens is 316 g/mol. The number of urea groups is 1. The van der Waals surface area contributed by atoms with Gasteiger partial charge in [0, 0.05) is 37.9 Å². The van der Waals surface area contributed by atoms with Crippen molar-refractivity contribution >= 4 is 11.8 Å². The van der Waals surface area contributed by atoms with Crippen LogP contribution in [0.15, 0.2) is 18.2 Å². The maximum atomic E-state index is 12.6. The number of morpholine rings is 1. The highest BCUT2D eigenvalue weighted by Crippen LogP contribution is 2.19. The molecule has 2 saturated heterocycles. The van der Waals surface area contributed by atoms with Gasteiger partial charge in [0.1, 0.15) is 5.82 Å². The Hall–Kier alpha value is -1.82. The van der Waals surface area contributed by atoms with Gasteiger partial charge in [-0.15, -0.1) is 0 Å². The van der Waals surface area contributed by atoms with E-state index >= 15 is 0 Å². The van der Waals surface area contributed by atoms with Crippen LogP contribution < -0.4 is 10.2 Å². The Morgan fingerprint density at radius 2 is 2.08 bits per heavy atom. The molecule has 3 rings (SSSR count). The lowest BCUT2D eigenvalue weighted by Crippen LogP contribution is -2.55. The molecular formula is C19H30N4O2. The Bertz CT molecular complexity index is 587. The number of aromatic nitrogens is 1. The molecule has 2 aliphatic rings. The summed E-state index contributed by atoms with van der Waals surface area (Å²) in [5.74, 6) is 1.04. The van der Waals surface area contributed by atoms with Crippen molar-refractivity contribution in [3.05, 3.63) is 23.9 Å². The van der Waals surface area contributed by atoms with Gasteiger partial charge in [-0.2, -0.15) is 0 Å². The van der Waals surface area contributed by atoms with Crippen molar-refractivity contribution in [2.75, 3.05) is 31.1 Å². The molecule has 2 atom stereocenters. The average molecular weight is 346 g/mol. The smallest absolute Gasteiger partial charge is 0.317 e. The predicted octanol–water partition coefficient (Wildman–Crippen LogP) is 2.57. The van der Waals surface area contributed by atoms with Gasteiger partial charge in [-0.25, -0.2) is 9.78 Å². The van der Waals surface area contributed by atoms with E-state index in [-0.39, 0.29) is 24.3 Å². The van der Waals surface area contributed by atoms with Crippen molar-refractivity contribution in [2.45, 2.75) is 58.3 Å². The molecule has 0 spiro atoms. The maximum Gasteiger partial charge on any atom is 0.317 e. The molecule has 0 bridgehead atoms. The number of nitrogens with one attached hydrogen (secondary N) is 1. The molecule has 0 unspecified atom stereocenters. The van der Waals surface area contributed by atoms with Crippen molar-refractivity contribution in [2.24, 2.45) is 0 Å². The van der Waals surface area contributed by atoms with Crippen LogP contribution in [0.25, 0.3) is 0 Å². The van der Waals surface area contributed by atoms with Crippen molar-refractivity contribution in [1.29, 1.82) is 0 Å². The minimum atomic E-state index is 0.0562. The molecule has 0 aromatic carbocycles. The summed E-state index contributed by atoms with van der Waals surface area (Å²) in [6.07, 6.45) is 3.12. The largest absolute Gasteiger partial charge is 0.372 e. The highest BCUT2D eigenvalue weighted by Gasteiger charge is 2.29. The summed E-state index contributed by atoms with van der Waals surface area (Å²) in [5, 5.41) is 3.22. The van der Waals surface area contributed by atoms with E-state index in [4.69, 9.17) is 4.74 Å². The molecule has 2 fully saturated rings. The van der Waals surface area contributed by atoms with Crippen LogP contribution in [-0.4, -0.2) is 60.3 Å². The SMILES string of the molecule is CC[C@@H]1CN(C(=O)NC2CCN(c3cccc(C)n3)CC2)C[C@H](C)O1. The van der Waals surface area contributed by atoms with Gasteiger partial charge in [-0.3, -0.25) is 0 Å². The molecule has 0 radical (unpaired) electrons. The van der Waals surface area contributed by atoms with E-state index in [1.54, 1.807) is 0 Å². The van der Waals surface area contributed by atoms with E-state index in [2.05, 4.69) is 34.3 Å². The summed E-state index contributed by atoms with van der Waals surface area (Å²) in [7, 11) is 0. The first-order chi connectivity index (χ1) is 12.0. The fourth-order valence-corrected chi connectivity index (χ4v) is 3.66. The molecule has 1 aromatic heterocycles. The number of rotatable bonds is 3. The van der Waals surface area contributed by atoms with Gasteiger partial charge in [0.2, 0.25) is 0 Å². The third kappa shape index (κ3) is 4.63. The Labute approximate surface area is 150 Å². The van der Waals surface area contributed by atoms with Crippen LogP contribution in [0.5, 0.6) is 0 Å². The van der Waals surface area contributed by atoms with Crippen molar-refractivity contribution in [1.82, 2.24) is 15.2 Å². The molecule has 6 heteroatoms. The first kappa shape index (κ1) is 18.0. The molecule has 3 heterocycles. The van der Waals surface area contributed by atoms with Gasteiger partial charge in [-0.1, -0.05) is 13.0 Å². The highest BCUT2D eigenvalue weighted by molar-refractivity contribution is 5.74. The molecule has 0 aliphatic carbocycles. The number of amides is 2. The van der Waals surface area contributed by atoms with E-state index in [9.17, 15) is 4.79 Å². The second-order valence-corrected chi connectivity index (χ2v) is 7.23. The number of carbonyl (C=O) groups excluding carboxylic acids is 1. The van der Waals surface area contributed by atoms with Gasteiger partial charge < -0.3 is 19.9 Å². The van der Waals surface area contributed by atoms with Crippen LogP contribution in [0, 0.1) is 6.92 Å². The van der Waals surface area contributed by atoms with E-state index in [1.807, 2.05) is 24.8 Å². The molecule has 2 amide bonds. The number of hydrogen-bond donors (Lipinski definition) is 1. The van der Waals surface area contributed by atoms with Crippen LogP contribution in [0.2, 0.25) is 0 Å². The summed E-state index contributed by atoms with van der Waals surface area (Å²) in [5.41, 5.74) is 1.04. The minimum absolute atomic E-state index is 0.0562. The average Bonchev–Trinajstić information content (AvgIpc) is 2.61. The van der Waals surface area contributed by atoms with Crippen LogP contribution >= 0.6 is 0 Å². The zero-order chi connectivity index (χ0) is 17.8. The Balaban J connectivity index is 1.49. The lowest BCUT2D eigenvalue weighted by atomic mass is 10.1. The van der Waals surface area contributed by atoms with E-state index in [0.29, 0.717) is 13.1 Å². The van der Waals surface area contributed by atoms with Crippen molar-refractivity contribution in [3.63, 3.8) is 0 Å². The molecule has 0 saturated carbocycles. The first-order valence-electron chi connectivity index (χ1n) is 9.44. The van der Waals surface area contributed by atoms with Crippen molar-refractivity contribution < 1.29 is 9.53 Å². The number of aryl methyl sites for hydroxylation is 1. The fourth-order valence-electron chi connectivity index (χ4n) is 3.66. The molecule has 1 aromatic rings. The number of piperidine rings is 1. The number of hydrogen-bond acceptors (Lipinski definition) is 4. The molecule has 1 N–H and O–H groups in total. The van der Waals surface area contributed by atoms with E-state index < -0.39 is 0 Å². The molecule has 6 nitrogen and oxygen atoms in total. The topological polar surface area (TPSA) is 57.7 Å². The van der Waals surface area contributed by atoms with Crippen molar-refractivity contribution in [3.8, 4) is 0 Å². The molecule has 138 valence electrons. The third-order valence-corrected chi connectivity index (χ3v) is 5.09. The Morgan fingerprint density at radius 1 is 1.32 bits per heavy atom. The number of carbonyl (C=O) groups is 1. The lowest BCUT2D eigenvalue weighted by molar-refractivity contribution is -0.0648. The quantitative estimate of drug-likeness (QED) is 0.914. The summed E-state index contributed by atoms with van der Waals surface area (Å²) >= 11 is 0. The number of ether oxygens (including phenoxy) is 1. The fraction of sp³-hybridized carbons (Fsp3) is 0.684.